The third-order valence-corrected chi connectivity index (χ3v) is 3.36. The Morgan fingerprint density at radius 3 is 2.70 bits per heavy atom. The van der Waals surface area contributed by atoms with Crippen molar-refractivity contribution in [3.63, 3.8) is 0 Å². The summed E-state index contributed by atoms with van der Waals surface area (Å²) in [6.07, 6.45) is 3.17. The first-order chi connectivity index (χ1) is 9.72. The van der Waals surface area contributed by atoms with Gasteiger partial charge in [0.25, 0.3) is 0 Å². The van der Waals surface area contributed by atoms with Gasteiger partial charge in [0.15, 0.2) is 0 Å². The van der Waals surface area contributed by atoms with Gasteiger partial charge in [0.1, 0.15) is 5.75 Å². The second kappa shape index (κ2) is 4.74. The second-order valence-corrected chi connectivity index (χ2v) is 4.45. The Hall–Kier alpha value is -2.75. The smallest absolute Gasteiger partial charge is 0.337 e. The van der Waals surface area contributed by atoms with Gasteiger partial charge in [0, 0.05) is 23.5 Å². The van der Waals surface area contributed by atoms with Gasteiger partial charge in [-0.2, -0.15) is 0 Å². The SMILES string of the molecule is COc1ccc2ccccc2c1-c1c[nH]cc1C(=O)O. The van der Waals surface area contributed by atoms with E-state index in [2.05, 4.69) is 4.98 Å². The maximum atomic E-state index is 11.3. The van der Waals surface area contributed by atoms with Crippen molar-refractivity contribution in [3.8, 4) is 16.9 Å². The van der Waals surface area contributed by atoms with Crippen LogP contribution in [0, 0.1) is 0 Å². The maximum Gasteiger partial charge on any atom is 0.337 e. The summed E-state index contributed by atoms with van der Waals surface area (Å²) in [5.74, 6) is -0.304. The zero-order valence-corrected chi connectivity index (χ0v) is 10.9. The quantitative estimate of drug-likeness (QED) is 0.763. The number of benzene rings is 2. The highest BCUT2D eigenvalue weighted by atomic mass is 16.5. The summed E-state index contributed by atoms with van der Waals surface area (Å²) in [4.78, 5) is 14.2. The van der Waals surface area contributed by atoms with Crippen LogP contribution in [0.25, 0.3) is 21.9 Å². The minimum absolute atomic E-state index is 0.236. The fourth-order valence-electron chi connectivity index (χ4n) is 2.45. The molecule has 0 spiro atoms. The molecule has 0 aliphatic heterocycles. The highest BCUT2D eigenvalue weighted by molar-refractivity contribution is 6.05. The number of hydrogen-bond acceptors (Lipinski definition) is 2. The number of carbonyl (C=O) groups is 1. The predicted molar refractivity (Wildman–Crippen MR) is 77.2 cm³/mol. The normalized spacial score (nSPS) is 10.7. The fourth-order valence-corrected chi connectivity index (χ4v) is 2.45. The van der Waals surface area contributed by atoms with E-state index in [1.165, 1.54) is 6.20 Å². The van der Waals surface area contributed by atoms with Crippen molar-refractivity contribution in [3.05, 3.63) is 54.4 Å². The van der Waals surface area contributed by atoms with E-state index >= 15 is 0 Å². The number of nitrogens with one attached hydrogen (secondary N) is 1. The number of rotatable bonds is 3. The lowest BCUT2D eigenvalue weighted by molar-refractivity contribution is 0.0698. The highest BCUT2D eigenvalue weighted by Crippen LogP contribution is 2.38. The van der Waals surface area contributed by atoms with E-state index in [-0.39, 0.29) is 5.56 Å². The van der Waals surface area contributed by atoms with Crippen molar-refractivity contribution < 1.29 is 14.6 Å². The van der Waals surface area contributed by atoms with Crippen molar-refractivity contribution in [2.24, 2.45) is 0 Å². The maximum absolute atomic E-state index is 11.3. The first-order valence-corrected chi connectivity index (χ1v) is 6.18. The van der Waals surface area contributed by atoms with Crippen LogP contribution in [0.5, 0.6) is 5.75 Å². The van der Waals surface area contributed by atoms with Crippen LogP contribution in [0.1, 0.15) is 10.4 Å². The van der Waals surface area contributed by atoms with Gasteiger partial charge in [0.05, 0.1) is 12.7 Å². The molecule has 0 radical (unpaired) electrons. The molecule has 0 bridgehead atoms. The number of hydrogen-bond donors (Lipinski definition) is 2. The van der Waals surface area contributed by atoms with Crippen LogP contribution in [0.2, 0.25) is 0 Å². The molecule has 0 aliphatic rings. The molecule has 4 heteroatoms. The van der Waals surface area contributed by atoms with Gasteiger partial charge in [-0.3, -0.25) is 0 Å². The number of carboxylic acid groups (broad SMARTS) is 1. The Morgan fingerprint density at radius 1 is 1.15 bits per heavy atom. The minimum atomic E-state index is -0.962. The topological polar surface area (TPSA) is 62.3 Å². The third kappa shape index (κ3) is 1.82. The van der Waals surface area contributed by atoms with Crippen LogP contribution >= 0.6 is 0 Å². The van der Waals surface area contributed by atoms with E-state index in [1.807, 2.05) is 36.4 Å². The van der Waals surface area contributed by atoms with Crippen molar-refractivity contribution in [2.45, 2.75) is 0 Å². The molecule has 0 fully saturated rings. The minimum Gasteiger partial charge on any atom is -0.496 e. The molecule has 100 valence electrons. The number of fused-ring (bicyclic) bond motifs is 1. The summed E-state index contributed by atoms with van der Waals surface area (Å²) in [7, 11) is 1.58. The number of aromatic nitrogens is 1. The van der Waals surface area contributed by atoms with E-state index in [4.69, 9.17) is 4.74 Å². The first-order valence-electron chi connectivity index (χ1n) is 6.18. The molecule has 1 heterocycles. The van der Waals surface area contributed by atoms with Crippen LogP contribution in [0.3, 0.4) is 0 Å². The number of ether oxygens (including phenoxy) is 1. The lowest BCUT2D eigenvalue weighted by atomic mass is 9.96. The van der Waals surface area contributed by atoms with Gasteiger partial charge in [-0.1, -0.05) is 30.3 Å². The molecule has 0 atom stereocenters. The molecule has 2 N–H and O–H groups in total. The second-order valence-electron chi connectivity index (χ2n) is 4.45. The lowest BCUT2D eigenvalue weighted by Crippen LogP contribution is -1.97. The molecule has 4 nitrogen and oxygen atoms in total. The van der Waals surface area contributed by atoms with E-state index in [9.17, 15) is 9.90 Å². The Kier molecular flexibility index (Phi) is 2.91. The number of carboxylic acids is 1. The Balaban J connectivity index is 2.39. The summed E-state index contributed by atoms with van der Waals surface area (Å²) in [6, 6.07) is 11.7. The average molecular weight is 267 g/mol. The van der Waals surface area contributed by atoms with E-state index in [0.29, 0.717) is 11.3 Å². The van der Waals surface area contributed by atoms with Gasteiger partial charge in [-0.15, -0.1) is 0 Å². The predicted octanol–water partition coefficient (Wildman–Crippen LogP) is 3.54. The van der Waals surface area contributed by atoms with E-state index in [0.717, 1.165) is 16.3 Å². The molecule has 20 heavy (non-hydrogen) atoms. The molecule has 2 aromatic carbocycles. The standard InChI is InChI=1S/C16H13NO3/c1-20-14-7-6-10-4-2-3-5-11(10)15(14)12-8-17-9-13(12)16(18)19/h2-9,17H,1H3,(H,18,19). The van der Waals surface area contributed by atoms with Crippen LogP contribution in [0.15, 0.2) is 48.8 Å². The van der Waals surface area contributed by atoms with Crippen LogP contribution < -0.4 is 4.74 Å². The van der Waals surface area contributed by atoms with E-state index in [1.54, 1.807) is 13.3 Å². The fraction of sp³-hybridized carbons (Fsp3) is 0.0625. The molecule has 0 amide bonds. The van der Waals surface area contributed by atoms with Crippen LogP contribution in [0.4, 0.5) is 0 Å². The highest BCUT2D eigenvalue weighted by Gasteiger charge is 2.18. The Bertz CT molecular complexity index is 789. The van der Waals surface area contributed by atoms with Crippen molar-refractivity contribution in [1.82, 2.24) is 4.98 Å². The molecule has 3 aromatic rings. The first kappa shape index (κ1) is 12.3. The molecule has 0 unspecified atom stereocenters. The third-order valence-electron chi connectivity index (χ3n) is 3.36. The summed E-state index contributed by atoms with van der Waals surface area (Å²) in [5.41, 5.74) is 1.66. The van der Waals surface area contributed by atoms with Gasteiger partial charge in [-0.25, -0.2) is 4.79 Å². The molecular weight excluding hydrogens is 254 g/mol. The molecule has 0 saturated heterocycles. The number of methoxy groups -OCH3 is 1. The van der Waals surface area contributed by atoms with Crippen molar-refractivity contribution >= 4 is 16.7 Å². The molecule has 0 aliphatic carbocycles. The molecular formula is C16H13NO3. The summed E-state index contributed by atoms with van der Waals surface area (Å²) >= 11 is 0. The monoisotopic (exact) mass is 267 g/mol. The van der Waals surface area contributed by atoms with Gasteiger partial charge in [-0.05, 0) is 16.8 Å². The Morgan fingerprint density at radius 2 is 1.95 bits per heavy atom. The van der Waals surface area contributed by atoms with Crippen LogP contribution in [-0.4, -0.2) is 23.2 Å². The van der Waals surface area contributed by atoms with Crippen molar-refractivity contribution in [1.29, 1.82) is 0 Å². The Labute approximate surface area is 115 Å². The number of H-pyrrole nitrogens is 1. The van der Waals surface area contributed by atoms with Gasteiger partial charge < -0.3 is 14.8 Å². The summed E-state index contributed by atoms with van der Waals surface area (Å²) in [5, 5.41) is 11.3. The van der Waals surface area contributed by atoms with Gasteiger partial charge >= 0.3 is 5.97 Å². The lowest BCUT2D eigenvalue weighted by Gasteiger charge is -2.12. The van der Waals surface area contributed by atoms with Gasteiger partial charge in [0.2, 0.25) is 0 Å². The molecule has 1 aromatic heterocycles. The average Bonchev–Trinajstić information content (AvgIpc) is 2.95. The largest absolute Gasteiger partial charge is 0.496 e. The van der Waals surface area contributed by atoms with Crippen molar-refractivity contribution in [2.75, 3.05) is 7.11 Å². The summed E-state index contributed by atoms with van der Waals surface area (Å²) in [6.45, 7) is 0. The van der Waals surface area contributed by atoms with Crippen LogP contribution in [-0.2, 0) is 0 Å². The van der Waals surface area contributed by atoms with E-state index < -0.39 is 5.97 Å². The number of aromatic carboxylic acids is 1. The number of aromatic amines is 1. The summed E-state index contributed by atoms with van der Waals surface area (Å²) < 4.78 is 5.41. The zero-order chi connectivity index (χ0) is 14.1. The molecule has 0 saturated carbocycles. The molecule has 3 rings (SSSR count). The zero-order valence-electron chi connectivity index (χ0n) is 10.9.